The lowest BCUT2D eigenvalue weighted by molar-refractivity contribution is 0.564. The van der Waals surface area contributed by atoms with Gasteiger partial charge in [0.1, 0.15) is 5.01 Å². The van der Waals surface area contributed by atoms with Crippen LogP contribution < -0.4 is 4.72 Å². The third-order valence-electron chi connectivity index (χ3n) is 2.36. The molecule has 0 aliphatic heterocycles. The number of sulfonamides is 1. The zero-order valence-electron chi connectivity index (χ0n) is 10.5. The third-order valence-corrected chi connectivity index (χ3v) is 4.98. The molecule has 5 nitrogen and oxygen atoms in total. The first kappa shape index (κ1) is 15.1. The van der Waals surface area contributed by atoms with E-state index in [4.69, 9.17) is 5.26 Å². The van der Waals surface area contributed by atoms with Crippen LogP contribution in [0.25, 0.3) is 0 Å². The van der Waals surface area contributed by atoms with E-state index in [1.54, 1.807) is 6.92 Å². The number of aryl methyl sites for hydroxylation is 1. The van der Waals surface area contributed by atoms with Gasteiger partial charge in [-0.05, 0) is 19.8 Å². The van der Waals surface area contributed by atoms with Crippen LogP contribution in [0.3, 0.4) is 0 Å². The summed E-state index contributed by atoms with van der Waals surface area (Å²) in [5, 5.41) is 11.1. The maximum atomic E-state index is 11.7. The highest BCUT2D eigenvalue weighted by Gasteiger charge is 2.17. The smallest absolute Gasteiger partial charge is 0.212 e. The molecule has 1 N–H and O–H groups in total. The molecular formula is C11H17N3O2S2. The Kier molecular flexibility index (Phi) is 5.72. The first-order chi connectivity index (χ1) is 8.48. The highest BCUT2D eigenvalue weighted by Crippen LogP contribution is 2.19. The molecule has 0 saturated carbocycles. The fourth-order valence-corrected chi connectivity index (χ4v) is 3.68. The fourth-order valence-electron chi connectivity index (χ4n) is 1.40. The number of hydrogen-bond donors (Lipinski definition) is 1. The molecule has 0 fully saturated rings. The number of nitriles is 1. The molecule has 0 spiro atoms. The van der Waals surface area contributed by atoms with Crippen molar-refractivity contribution in [3.05, 3.63) is 16.1 Å². The van der Waals surface area contributed by atoms with Crippen molar-refractivity contribution >= 4 is 21.4 Å². The maximum absolute atomic E-state index is 11.7. The zero-order chi connectivity index (χ0) is 13.6. The molecule has 1 aromatic heterocycles. The van der Waals surface area contributed by atoms with Crippen LogP contribution in [-0.4, -0.2) is 19.2 Å². The quantitative estimate of drug-likeness (QED) is 0.777. The lowest BCUT2D eigenvalue weighted by Crippen LogP contribution is -2.29. The van der Waals surface area contributed by atoms with Gasteiger partial charge in [-0.3, -0.25) is 0 Å². The van der Waals surface area contributed by atoms with E-state index in [-0.39, 0.29) is 18.2 Å². The van der Waals surface area contributed by atoms with Crippen LogP contribution in [0.1, 0.15) is 43.4 Å². The first-order valence-corrected chi connectivity index (χ1v) is 8.33. The second-order valence-corrected chi connectivity index (χ2v) is 6.71. The Labute approximate surface area is 112 Å². The summed E-state index contributed by atoms with van der Waals surface area (Å²) in [5.74, 6) is -0.0170. The van der Waals surface area contributed by atoms with Crippen molar-refractivity contribution < 1.29 is 8.42 Å². The molecule has 0 aliphatic carbocycles. The summed E-state index contributed by atoms with van der Waals surface area (Å²) in [4.78, 5) is 4.35. The van der Waals surface area contributed by atoms with Crippen LogP contribution in [0.2, 0.25) is 0 Å². The third kappa shape index (κ3) is 4.72. The van der Waals surface area contributed by atoms with Gasteiger partial charge < -0.3 is 0 Å². The van der Waals surface area contributed by atoms with Crippen LogP contribution >= 0.6 is 11.3 Å². The SMILES string of the molecule is CCc1csc([C@@H](C)NS(=O)(=O)CCCC#N)n1. The van der Waals surface area contributed by atoms with Crippen molar-refractivity contribution in [2.75, 3.05) is 5.75 Å². The summed E-state index contributed by atoms with van der Waals surface area (Å²) in [6, 6.07) is 1.62. The van der Waals surface area contributed by atoms with Gasteiger partial charge >= 0.3 is 0 Å². The molecule has 100 valence electrons. The van der Waals surface area contributed by atoms with E-state index in [1.165, 1.54) is 11.3 Å². The van der Waals surface area contributed by atoms with Crippen molar-refractivity contribution in [2.45, 2.75) is 39.2 Å². The maximum Gasteiger partial charge on any atom is 0.212 e. The van der Waals surface area contributed by atoms with Crippen LogP contribution in [0, 0.1) is 11.3 Å². The number of thiazole rings is 1. The van der Waals surface area contributed by atoms with Crippen molar-refractivity contribution in [3.63, 3.8) is 0 Å². The monoisotopic (exact) mass is 287 g/mol. The molecule has 18 heavy (non-hydrogen) atoms. The number of rotatable bonds is 7. The number of hydrogen-bond acceptors (Lipinski definition) is 5. The lowest BCUT2D eigenvalue weighted by Gasteiger charge is -2.11. The minimum absolute atomic E-state index is 0.0170. The summed E-state index contributed by atoms with van der Waals surface area (Å²) in [6.07, 6.45) is 1.46. The summed E-state index contributed by atoms with van der Waals surface area (Å²) >= 11 is 1.46. The minimum Gasteiger partial charge on any atom is -0.245 e. The van der Waals surface area contributed by atoms with Gasteiger partial charge in [-0.1, -0.05) is 6.92 Å². The molecule has 0 aliphatic rings. The van der Waals surface area contributed by atoms with Gasteiger partial charge in [0, 0.05) is 11.8 Å². The van der Waals surface area contributed by atoms with Gasteiger partial charge in [0.25, 0.3) is 0 Å². The summed E-state index contributed by atoms with van der Waals surface area (Å²) in [7, 11) is -3.33. The van der Waals surface area contributed by atoms with E-state index in [0.29, 0.717) is 6.42 Å². The molecule has 1 aromatic rings. The highest BCUT2D eigenvalue weighted by atomic mass is 32.2. The van der Waals surface area contributed by atoms with Gasteiger partial charge in [0.05, 0.1) is 23.6 Å². The second-order valence-electron chi connectivity index (χ2n) is 3.95. The average Bonchev–Trinajstić information content (AvgIpc) is 2.77. The molecule has 0 radical (unpaired) electrons. The summed E-state index contributed by atoms with van der Waals surface area (Å²) < 4.78 is 26.0. The lowest BCUT2D eigenvalue weighted by atomic mass is 10.3. The Hall–Kier alpha value is -0.970. The van der Waals surface area contributed by atoms with E-state index in [0.717, 1.165) is 17.1 Å². The largest absolute Gasteiger partial charge is 0.245 e. The molecule has 1 heterocycles. The summed E-state index contributed by atoms with van der Waals surface area (Å²) in [6.45, 7) is 3.79. The number of nitrogens with zero attached hydrogens (tertiary/aromatic N) is 2. The number of aromatic nitrogens is 1. The summed E-state index contributed by atoms with van der Waals surface area (Å²) in [5.41, 5.74) is 0.977. The molecular weight excluding hydrogens is 270 g/mol. The number of unbranched alkanes of at least 4 members (excludes halogenated alkanes) is 1. The highest BCUT2D eigenvalue weighted by molar-refractivity contribution is 7.89. The van der Waals surface area contributed by atoms with Gasteiger partial charge in [-0.15, -0.1) is 11.3 Å². The Morgan fingerprint density at radius 3 is 2.89 bits per heavy atom. The Bertz CT molecular complexity index is 517. The van der Waals surface area contributed by atoms with Crippen LogP contribution in [-0.2, 0) is 16.4 Å². The molecule has 1 rings (SSSR count). The molecule has 7 heteroatoms. The topological polar surface area (TPSA) is 82.9 Å². The van der Waals surface area contributed by atoms with Crippen LogP contribution in [0.5, 0.6) is 0 Å². The molecule has 0 bridgehead atoms. The van der Waals surface area contributed by atoms with Crippen LogP contribution in [0.15, 0.2) is 5.38 Å². The molecule has 0 aromatic carbocycles. The average molecular weight is 287 g/mol. The second kappa shape index (κ2) is 6.83. The Morgan fingerprint density at radius 2 is 2.33 bits per heavy atom. The fraction of sp³-hybridized carbons (Fsp3) is 0.636. The van der Waals surface area contributed by atoms with Crippen molar-refractivity contribution in [2.24, 2.45) is 0 Å². The molecule has 0 amide bonds. The van der Waals surface area contributed by atoms with E-state index in [1.807, 2.05) is 18.4 Å². The molecule has 0 unspecified atom stereocenters. The standard InChI is InChI=1S/C11H17N3O2S2/c1-3-10-8-17-11(13-10)9(2)14-18(15,16)7-5-4-6-12/h8-9,14H,3-5,7H2,1-2H3/t9-/m1/s1. The van der Waals surface area contributed by atoms with E-state index in [9.17, 15) is 8.42 Å². The predicted octanol–water partition coefficient (Wildman–Crippen LogP) is 1.99. The number of nitrogens with one attached hydrogen (secondary N) is 1. The van der Waals surface area contributed by atoms with Gasteiger partial charge in [-0.25, -0.2) is 18.1 Å². The minimum atomic E-state index is -3.33. The van der Waals surface area contributed by atoms with Gasteiger partial charge in [0.2, 0.25) is 10.0 Å². The van der Waals surface area contributed by atoms with Crippen LogP contribution in [0.4, 0.5) is 0 Å². The normalized spacial score (nSPS) is 13.2. The van der Waals surface area contributed by atoms with E-state index >= 15 is 0 Å². The van der Waals surface area contributed by atoms with Crippen molar-refractivity contribution in [3.8, 4) is 6.07 Å². The van der Waals surface area contributed by atoms with Gasteiger partial charge in [0.15, 0.2) is 0 Å². The predicted molar refractivity (Wildman–Crippen MR) is 71.7 cm³/mol. The Balaban J connectivity index is 2.58. The molecule has 0 saturated heterocycles. The van der Waals surface area contributed by atoms with E-state index < -0.39 is 10.0 Å². The zero-order valence-corrected chi connectivity index (χ0v) is 12.1. The van der Waals surface area contributed by atoms with E-state index in [2.05, 4.69) is 9.71 Å². The molecule has 1 atom stereocenters. The van der Waals surface area contributed by atoms with Crippen molar-refractivity contribution in [1.29, 1.82) is 5.26 Å². The Morgan fingerprint density at radius 1 is 1.61 bits per heavy atom. The first-order valence-electron chi connectivity index (χ1n) is 5.79. The van der Waals surface area contributed by atoms with Crippen molar-refractivity contribution in [1.82, 2.24) is 9.71 Å². The van der Waals surface area contributed by atoms with Gasteiger partial charge in [-0.2, -0.15) is 5.26 Å².